The molecule has 0 radical (unpaired) electrons. The number of nitrogens with one attached hydrogen (secondary N) is 5. The van der Waals surface area contributed by atoms with Crippen molar-refractivity contribution in [3.05, 3.63) is 95.5 Å². The van der Waals surface area contributed by atoms with E-state index in [-0.39, 0.29) is 12.5 Å². The normalized spacial score (nSPS) is 9.21. The maximum atomic E-state index is 10.6. The highest BCUT2D eigenvalue weighted by molar-refractivity contribution is 7.09. The Labute approximate surface area is 359 Å². The van der Waals surface area contributed by atoms with Gasteiger partial charge in [0.2, 0.25) is 44.4 Å². The van der Waals surface area contributed by atoms with Crippen molar-refractivity contribution >= 4 is 55.7 Å². The standard InChI is InChI=1S/2C7H11N3O.C7H9NOS.2C6H9N3O.C5H10N2O2/c1-9(6-11)4-7-3-8-10(2)5-7;11-7-9-2-1-4-10-5-3-8-6-10;9-6-8-4-3-7-2-1-5-10-7;1-9-4-7-2-6(9)3-8-5-10;1-9-3-2-8-6(9)4-7-5-10;1-7(2)5(9)3-6-4-8/h3,5-6H,4H2,1-2H3;3,5-7H,1-2,4H2,(H,9,11);1-2,5-6H,3-4H2,(H,8,9);2,4-5H,3H2,1H3,(H,8,10);2-3,5H,4H2,1H3,(H,7,10);4H,3H2,1-2H3,(H,6,8). The lowest BCUT2D eigenvalue weighted by Gasteiger charge is -2.07. The minimum atomic E-state index is -0.109. The maximum Gasteiger partial charge on any atom is 0.241 e. The third kappa shape index (κ3) is 28.8. The lowest BCUT2D eigenvalue weighted by atomic mass is 10.3. The Morgan fingerprint density at radius 2 is 1.48 bits per heavy atom. The van der Waals surface area contributed by atoms with Gasteiger partial charge in [-0.05, 0) is 24.3 Å². The first-order valence-electron chi connectivity index (χ1n) is 18.5. The van der Waals surface area contributed by atoms with E-state index in [1.54, 1.807) is 79.5 Å². The fourth-order valence-corrected chi connectivity index (χ4v) is 4.83. The van der Waals surface area contributed by atoms with Crippen LogP contribution < -0.4 is 26.6 Å². The van der Waals surface area contributed by atoms with Gasteiger partial charge in [-0.1, -0.05) is 6.07 Å². The minimum absolute atomic E-state index is 0.0799. The van der Waals surface area contributed by atoms with Crippen LogP contribution in [0.15, 0.2) is 73.5 Å². The van der Waals surface area contributed by atoms with Gasteiger partial charge >= 0.3 is 0 Å². The van der Waals surface area contributed by atoms with E-state index in [9.17, 15) is 33.6 Å². The second kappa shape index (κ2) is 36.0. The van der Waals surface area contributed by atoms with Gasteiger partial charge in [0.25, 0.3) is 0 Å². The number of imidazole rings is 3. The third-order valence-electron chi connectivity index (χ3n) is 7.31. The van der Waals surface area contributed by atoms with Crippen LogP contribution in [0.1, 0.15) is 28.4 Å². The predicted octanol–water partition coefficient (Wildman–Crippen LogP) is -0.783. The molecule has 0 spiro atoms. The van der Waals surface area contributed by atoms with Gasteiger partial charge in [-0.3, -0.25) is 38.2 Å². The quantitative estimate of drug-likeness (QED) is 0.0452. The van der Waals surface area contributed by atoms with Crippen molar-refractivity contribution in [1.29, 1.82) is 0 Å². The molecule has 5 rings (SSSR count). The number of nitrogens with zero attached hydrogens (tertiary/aromatic N) is 10. The molecule has 0 aromatic carbocycles. The highest BCUT2D eigenvalue weighted by Gasteiger charge is 2.00. The van der Waals surface area contributed by atoms with Crippen molar-refractivity contribution in [3.8, 4) is 0 Å². The van der Waals surface area contributed by atoms with Crippen LogP contribution in [0.3, 0.4) is 0 Å². The van der Waals surface area contributed by atoms with Crippen LogP contribution in [0.25, 0.3) is 0 Å². The second-order valence-electron chi connectivity index (χ2n) is 12.4. The summed E-state index contributed by atoms with van der Waals surface area (Å²) in [6.45, 7) is 4.10. The predicted molar refractivity (Wildman–Crippen MR) is 229 cm³/mol. The smallest absolute Gasteiger partial charge is 0.241 e. The molecular formula is C38H59N15O7S. The molecule has 23 heteroatoms. The van der Waals surface area contributed by atoms with Crippen LogP contribution in [-0.4, -0.2) is 133 Å². The van der Waals surface area contributed by atoms with Gasteiger partial charge < -0.3 is 50.1 Å². The van der Waals surface area contributed by atoms with E-state index in [1.807, 2.05) is 64.9 Å². The number of amides is 7. The summed E-state index contributed by atoms with van der Waals surface area (Å²) in [5.41, 5.74) is 2.04. The molecule has 0 aliphatic carbocycles. The van der Waals surface area contributed by atoms with Crippen molar-refractivity contribution < 1.29 is 33.6 Å². The maximum absolute atomic E-state index is 10.6. The molecule has 0 aliphatic rings. The van der Waals surface area contributed by atoms with E-state index in [0.717, 1.165) is 62.4 Å². The molecule has 0 saturated heterocycles. The Bertz CT molecular complexity index is 1810. The van der Waals surface area contributed by atoms with Crippen molar-refractivity contribution in [2.75, 3.05) is 40.8 Å². The van der Waals surface area contributed by atoms with Crippen LogP contribution >= 0.6 is 11.3 Å². The first-order valence-corrected chi connectivity index (χ1v) is 19.4. The molecule has 5 N–H and O–H groups in total. The largest absolute Gasteiger partial charge is 0.359 e. The van der Waals surface area contributed by atoms with E-state index in [1.165, 1.54) is 9.78 Å². The minimum Gasteiger partial charge on any atom is -0.359 e. The summed E-state index contributed by atoms with van der Waals surface area (Å²) in [5, 5.41) is 18.6. The van der Waals surface area contributed by atoms with Gasteiger partial charge in [0.05, 0.1) is 44.2 Å². The Morgan fingerprint density at radius 1 is 0.787 bits per heavy atom. The number of carbonyl (C=O) groups excluding carboxylic acids is 7. The molecule has 0 bridgehead atoms. The summed E-state index contributed by atoms with van der Waals surface area (Å²) < 4.78 is 7.41. The molecule has 5 heterocycles. The van der Waals surface area contributed by atoms with E-state index in [0.29, 0.717) is 45.3 Å². The summed E-state index contributed by atoms with van der Waals surface area (Å²) in [6.07, 6.45) is 22.0. The van der Waals surface area contributed by atoms with E-state index < -0.39 is 0 Å². The van der Waals surface area contributed by atoms with Crippen molar-refractivity contribution in [3.63, 3.8) is 0 Å². The van der Waals surface area contributed by atoms with Crippen molar-refractivity contribution in [2.45, 2.75) is 39.0 Å². The molecule has 5 aromatic rings. The highest BCUT2D eigenvalue weighted by Crippen LogP contribution is 2.07. The van der Waals surface area contributed by atoms with E-state index in [2.05, 4.69) is 52.7 Å². The van der Waals surface area contributed by atoms with Gasteiger partial charge in [0.15, 0.2) is 0 Å². The zero-order valence-corrected chi connectivity index (χ0v) is 36.3. The number of thiophene rings is 1. The summed E-state index contributed by atoms with van der Waals surface area (Å²) in [4.78, 5) is 85.9. The fraction of sp³-hybridized carbons (Fsp3) is 0.395. The van der Waals surface area contributed by atoms with Gasteiger partial charge in [0.1, 0.15) is 5.82 Å². The van der Waals surface area contributed by atoms with Crippen molar-refractivity contribution in [1.82, 2.24) is 74.8 Å². The number of carbonyl (C=O) groups is 7. The Morgan fingerprint density at radius 3 is 1.98 bits per heavy atom. The second-order valence-corrected chi connectivity index (χ2v) is 13.4. The summed E-state index contributed by atoms with van der Waals surface area (Å²) in [6, 6.07) is 4.08. The first kappa shape index (κ1) is 53.8. The topological polar surface area (TPSA) is 257 Å². The number of hydrogen-bond acceptors (Lipinski definition) is 12. The zero-order valence-electron chi connectivity index (χ0n) is 35.5. The zero-order chi connectivity index (χ0) is 45.5. The third-order valence-corrected chi connectivity index (χ3v) is 8.25. The number of hydrogen-bond donors (Lipinski definition) is 5. The number of aryl methyl sites for hydroxylation is 4. The average Bonchev–Trinajstić information content (AvgIpc) is 4.13. The fourth-order valence-electron chi connectivity index (χ4n) is 4.12. The van der Waals surface area contributed by atoms with Crippen LogP contribution in [0, 0.1) is 0 Å². The Balaban J connectivity index is 0.000000709. The molecule has 61 heavy (non-hydrogen) atoms. The van der Waals surface area contributed by atoms with Crippen LogP contribution in [0.5, 0.6) is 0 Å². The first-order chi connectivity index (χ1) is 29.4. The molecule has 0 atom stereocenters. The molecule has 0 saturated carbocycles. The van der Waals surface area contributed by atoms with Gasteiger partial charge in [-0.15, -0.1) is 11.3 Å². The summed E-state index contributed by atoms with van der Waals surface area (Å²) >= 11 is 1.72. The van der Waals surface area contributed by atoms with Gasteiger partial charge in [-0.2, -0.15) is 5.10 Å². The Kier molecular flexibility index (Phi) is 31.7. The molecule has 7 amide bonds. The molecule has 0 unspecified atom stereocenters. The van der Waals surface area contributed by atoms with Crippen LogP contribution in [0.2, 0.25) is 0 Å². The van der Waals surface area contributed by atoms with Gasteiger partial charge in [0, 0.05) is 116 Å². The van der Waals surface area contributed by atoms with E-state index in [4.69, 9.17) is 0 Å². The number of rotatable bonds is 21. The van der Waals surface area contributed by atoms with Crippen LogP contribution in [0.4, 0.5) is 0 Å². The average molecular weight is 870 g/mol. The van der Waals surface area contributed by atoms with Crippen LogP contribution in [-0.2, 0) is 87.3 Å². The van der Waals surface area contributed by atoms with E-state index >= 15 is 0 Å². The lowest BCUT2D eigenvalue weighted by Crippen LogP contribution is -2.32. The molecule has 0 fully saturated rings. The molecule has 334 valence electrons. The van der Waals surface area contributed by atoms with Crippen molar-refractivity contribution in [2.24, 2.45) is 21.1 Å². The molecular weight excluding hydrogens is 811 g/mol. The summed E-state index contributed by atoms with van der Waals surface area (Å²) in [5.74, 6) is 0.745. The number of aromatic nitrogens is 8. The number of likely N-dealkylation sites (N-methyl/N-ethyl adjacent to an activating group) is 1. The SMILES string of the molecule is CN(C)C(=O)CNC=O.CN(C=O)Cc1cnn(C)c1.Cn1ccnc1CNC=O.Cn1cncc1CNC=O.O=CNCCCn1ccnc1.O=CNCCc1cccs1. The Hall–Kier alpha value is -7.17. The monoisotopic (exact) mass is 869 g/mol. The lowest BCUT2D eigenvalue weighted by molar-refractivity contribution is -0.129. The van der Waals surface area contributed by atoms with Gasteiger partial charge in [-0.25, -0.2) is 15.0 Å². The highest BCUT2D eigenvalue weighted by atomic mass is 32.1. The molecule has 5 aromatic heterocycles. The summed E-state index contributed by atoms with van der Waals surface area (Å²) in [7, 11) is 10.6. The molecule has 0 aliphatic heterocycles. The molecule has 22 nitrogen and oxygen atoms in total.